The van der Waals surface area contributed by atoms with E-state index in [0.717, 1.165) is 6.42 Å². The van der Waals surface area contributed by atoms with Crippen LogP contribution < -0.4 is 0 Å². The average molecular weight is 269 g/mol. The summed E-state index contributed by atoms with van der Waals surface area (Å²) in [5, 5.41) is 0. The third kappa shape index (κ3) is 2.61. The van der Waals surface area contributed by atoms with Gasteiger partial charge in [-0.1, -0.05) is 35.0 Å². The van der Waals surface area contributed by atoms with Crippen molar-refractivity contribution in [3.8, 4) is 0 Å². The van der Waals surface area contributed by atoms with Crippen molar-refractivity contribution >= 4 is 15.9 Å². The van der Waals surface area contributed by atoms with E-state index in [2.05, 4.69) is 54.9 Å². The van der Waals surface area contributed by atoms with Gasteiger partial charge in [-0.25, -0.2) is 0 Å². The number of epoxide rings is 1. The first kappa shape index (κ1) is 11.2. The van der Waals surface area contributed by atoms with Crippen LogP contribution in [0.1, 0.15) is 25.0 Å². The summed E-state index contributed by atoms with van der Waals surface area (Å²) < 4.78 is 6.70. The molecule has 0 radical (unpaired) electrons. The summed E-state index contributed by atoms with van der Waals surface area (Å²) in [6.45, 7) is 6.53. The van der Waals surface area contributed by atoms with Crippen molar-refractivity contribution < 1.29 is 4.74 Å². The molecule has 2 heteroatoms. The van der Waals surface area contributed by atoms with Gasteiger partial charge in [0.2, 0.25) is 0 Å². The highest BCUT2D eigenvalue weighted by atomic mass is 79.9. The number of benzene rings is 1. The van der Waals surface area contributed by atoms with E-state index in [4.69, 9.17) is 4.74 Å². The molecule has 3 unspecified atom stereocenters. The van der Waals surface area contributed by atoms with Crippen LogP contribution in [0.3, 0.4) is 0 Å². The normalized spacial score (nSPS) is 26.4. The smallest absolute Gasteiger partial charge is 0.0867 e. The van der Waals surface area contributed by atoms with Gasteiger partial charge < -0.3 is 4.74 Å². The maximum absolute atomic E-state index is 5.49. The molecule has 0 aliphatic carbocycles. The molecule has 82 valence electrons. The Morgan fingerprint density at radius 3 is 2.67 bits per heavy atom. The maximum atomic E-state index is 5.49. The third-order valence-corrected chi connectivity index (χ3v) is 3.97. The summed E-state index contributed by atoms with van der Waals surface area (Å²) in [5.74, 6) is 0.620. The van der Waals surface area contributed by atoms with Crippen LogP contribution in [0.25, 0.3) is 0 Å². The maximum Gasteiger partial charge on any atom is 0.0867 e. The SMILES string of the molecule is Cc1ccc(CC(C)C2OC2C)cc1Br. The van der Waals surface area contributed by atoms with Gasteiger partial charge in [0.25, 0.3) is 0 Å². The van der Waals surface area contributed by atoms with Gasteiger partial charge in [-0.05, 0) is 43.4 Å². The molecule has 1 aromatic carbocycles. The Morgan fingerprint density at radius 1 is 1.47 bits per heavy atom. The van der Waals surface area contributed by atoms with Crippen molar-refractivity contribution in [1.29, 1.82) is 0 Å². The lowest BCUT2D eigenvalue weighted by molar-refractivity contribution is 0.328. The largest absolute Gasteiger partial charge is 0.370 e. The minimum Gasteiger partial charge on any atom is -0.370 e. The molecule has 0 aromatic heterocycles. The molecular formula is C13H17BrO. The standard InChI is InChI=1S/C13H17BrO/c1-8-4-5-11(7-12(8)14)6-9(2)13-10(3)15-13/h4-5,7,9-10,13H,6H2,1-3H3. The first-order valence-electron chi connectivity index (χ1n) is 5.48. The number of hydrogen-bond acceptors (Lipinski definition) is 1. The highest BCUT2D eigenvalue weighted by Gasteiger charge is 2.38. The van der Waals surface area contributed by atoms with Gasteiger partial charge in [0.15, 0.2) is 0 Å². The molecule has 3 atom stereocenters. The molecule has 1 nitrogen and oxygen atoms in total. The number of aryl methyl sites for hydroxylation is 1. The molecule has 0 spiro atoms. The van der Waals surface area contributed by atoms with Crippen LogP contribution in [0, 0.1) is 12.8 Å². The monoisotopic (exact) mass is 268 g/mol. The van der Waals surface area contributed by atoms with E-state index in [1.165, 1.54) is 15.6 Å². The van der Waals surface area contributed by atoms with Crippen LogP contribution >= 0.6 is 15.9 Å². The number of hydrogen-bond donors (Lipinski definition) is 0. The summed E-state index contributed by atoms with van der Waals surface area (Å²) in [4.78, 5) is 0. The molecule has 0 bridgehead atoms. The van der Waals surface area contributed by atoms with Gasteiger partial charge in [0.1, 0.15) is 0 Å². The summed E-state index contributed by atoms with van der Waals surface area (Å²) in [7, 11) is 0. The molecule has 1 aliphatic heterocycles. The molecule has 0 amide bonds. The Kier molecular flexibility index (Phi) is 3.17. The van der Waals surface area contributed by atoms with Gasteiger partial charge in [0.05, 0.1) is 12.2 Å². The fourth-order valence-corrected chi connectivity index (χ4v) is 2.48. The second-order valence-corrected chi connectivity index (χ2v) is 5.43. The second kappa shape index (κ2) is 4.26. The van der Waals surface area contributed by atoms with E-state index < -0.39 is 0 Å². The van der Waals surface area contributed by atoms with Crippen molar-refractivity contribution in [3.63, 3.8) is 0 Å². The molecule has 2 rings (SSSR count). The molecule has 1 aliphatic rings. The van der Waals surface area contributed by atoms with Crippen LogP contribution in [0.5, 0.6) is 0 Å². The fourth-order valence-electron chi connectivity index (χ4n) is 2.05. The number of ether oxygens (including phenoxy) is 1. The molecule has 1 saturated heterocycles. The molecule has 15 heavy (non-hydrogen) atoms. The highest BCUT2D eigenvalue weighted by Crippen LogP contribution is 2.31. The summed E-state index contributed by atoms with van der Waals surface area (Å²) in [6, 6.07) is 6.60. The molecular weight excluding hydrogens is 252 g/mol. The second-order valence-electron chi connectivity index (χ2n) is 4.57. The van der Waals surface area contributed by atoms with Crippen LogP contribution in [0.4, 0.5) is 0 Å². The van der Waals surface area contributed by atoms with E-state index in [9.17, 15) is 0 Å². The molecule has 0 saturated carbocycles. The Hall–Kier alpha value is -0.340. The van der Waals surface area contributed by atoms with Gasteiger partial charge >= 0.3 is 0 Å². The minimum atomic E-state index is 0.467. The van der Waals surface area contributed by atoms with Crippen molar-refractivity contribution in [2.45, 2.75) is 39.4 Å². The van der Waals surface area contributed by atoms with Crippen LogP contribution in [0.15, 0.2) is 22.7 Å². The minimum absolute atomic E-state index is 0.467. The lowest BCUT2D eigenvalue weighted by Crippen LogP contribution is -2.09. The van der Waals surface area contributed by atoms with Crippen LogP contribution in [-0.2, 0) is 11.2 Å². The summed E-state index contributed by atoms with van der Waals surface area (Å²) in [6.07, 6.45) is 2.05. The Labute approximate surface area is 100.0 Å². The fraction of sp³-hybridized carbons (Fsp3) is 0.538. The van der Waals surface area contributed by atoms with Crippen LogP contribution in [0.2, 0.25) is 0 Å². The van der Waals surface area contributed by atoms with Crippen LogP contribution in [-0.4, -0.2) is 12.2 Å². The van der Waals surface area contributed by atoms with Gasteiger partial charge in [-0.2, -0.15) is 0 Å². The lowest BCUT2D eigenvalue weighted by Gasteiger charge is -2.09. The Morgan fingerprint density at radius 2 is 2.13 bits per heavy atom. The predicted octanol–water partition coefficient (Wildman–Crippen LogP) is 3.72. The zero-order chi connectivity index (χ0) is 11.0. The topological polar surface area (TPSA) is 12.5 Å². The van der Waals surface area contributed by atoms with Gasteiger partial charge in [-0.3, -0.25) is 0 Å². The highest BCUT2D eigenvalue weighted by molar-refractivity contribution is 9.10. The number of rotatable bonds is 3. The van der Waals surface area contributed by atoms with Gasteiger partial charge in [0, 0.05) is 4.47 Å². The van der Waals surface area contributed by atoms with E-state index in [1.807, 2.05) is 0 Å². The molecule has 1 fully saturated rings. The van der Waals surface area contributed by atoms with E-state index in [1.54, 1.807) is 0 Å². The van der Waals surface area contributed by atoms with E-state index in [0.29, 0.717) is 18.1 Å². The Bertz CT molecular complexity index is 362. The lowest BCUT2D eigenvalue weighted by atomic mass is 9.96. The third-order valence-electron chi connectivity index (χ3n) is 3.11. The number of halogens is 1. The van der Waals surface area contributed by atoms with E-state index >= 15 is 0 Å². The van der Waals surface area contributed by atoms with Gasteiger partial charge in [-0.15, -0.1) is 0 Å². The average Bonchev–Trinajstić information content (AvgIpc) is 2.89. The quantitative estimate of drug-likeness (QED) is 0.762. The first-order valence-corrected chi connectivity index (χ1v) is 6.27. The predicted molar refractivity (Wildman–Crippen MR) is 66.1 cm³/mol. The summed E-state index contributed by atoms with van der Waals surface area (Å²) in [5.41, 5.74) is 2.69. The summed E-state index contributed by atoms with van der Waals surface area (Å²) >= 11 is 3.57. The zero-order valence-electron chi connectivity index (χ0n) is 9.46. The van der Waals surface area contributed by atoms with E-state index in [-0.39, 0.29) is 0 Å². The zero-order valence-corrected chi connectivity index (χ0v) is 11.0. The van der Waals surface area contributed by atoms with Crippen molar-refractivity contribution in [3.05, 3.63) is 33.8 Å². The Balaban J connectivity index is 2.01. The van der Waals surface area contributed by atoms with Crippen molar-refractivity contribution in [2.24, 2.45) is 5.92 Å². The van der Waals surface area contributed by atoms with Crippen molar-refractivity contribution in [2.75, 3.05) is 0 Å². The molecule has 1 heterocycles. The van der Waals surface area contributed by atoms with Crippen molar-refractivity contribution in [1.82, 2.24) is 0 Å². The molecule has 1 aromatic rings. The molecule has 0 N–H and O–H groups in total. The first-order chi connectivity index (χ1) is 7.08.